The summed E-state index contributed by atoms with van der Waals surface area (Å²) in [7, 11) is 1.63. The van der Waals surface area contributed by atoms with Crippen molar-refractivity contribution in [2.24, 2.45) is 0 Å². The first-order chi connectivity index (χ1) is 13.0. The highest BCUT2D eigenvalue weighted by atomic mass is 16.5. The second-order valence-corrected chi connectivity index (χ2v) is 6.36. The largest absolute Gasteiger partial charge is 0.497 e. The van der Waals surface area contributed by atoms with Crippen LogP contribution >= 0.6 is 0 Å². The van der Waals surface area contributed by atoms with E-state index in [2.05, 4.69) is 16.0 Å². The van der Waals surface area contributed by atoms with Gasteiger partial charge >= 0.3 is 0 Å². The van der Waals surface area contributed by atoms with Gasteiger partial charge in [-0.3, -0.25) is 9.59 Å². The summed E-state index contributed by atoms with van der Waals surface area (Å²) in [4.78, 5) is 24.3. The van der Waals surface area contributed by atoms with Gasteiger partial charge in [0, 0.05) is 23.8 Å². The first-order valence-corrected chi connectivity index (χ1v) is 9.06. The molecule has 2 aromatic rings. The molecule has 0 aliphatic heterocycles. The van der Waals surface area contributed by atoms with E-state index in [1.807, 2.05) is 38.1 Å². The Balaban J connectivity index is 1.82. The first-order valence-electron chi connectivity index (χ1n) is 9.06. The van der Waals surface area contributed by atoms with E-state index in [-0.39, 0.29) is 24.4 Å². The highest BCUT2D eigenvalue weighted by molar-refractivity contribution is 5.97. The topological polar surface area (TPSA) is 79.5 Å². The van der Waals surface area contributed by atoms with E-state index in [1.165, 1.54) is 0 Å². The van der Waals surface area contributed by atoms with Crippen molar-refractivity contribution in [3.05, 3.63) is 59.7 Å². The molecule has 0 spiro atoms. The van der Waals surface area contributed by atoms with Crippen molar-refractivity contribution in [2.45, 2.75) is 32.9 Å². The average Bonchev–Trinajstić information content (AvgIpc) is 2.68. The summed E-state index contributed by atoms with van der Waals surface area (Å²) < 4.78 is 5.12. The number of anilines is 1. The predicted molar refractivity (Wildman–Crippen MR) is 107 cm³/mol. The Morgan fingerprint density at radius 2 is 1.85 bits per heavy atom. The number of amides is 2. The number of carbonyl (C=O) groups is 2. The lowest BCUT2D eigenvalue weighted by Gasteiger charge is -2.12. The lowest BCUT2D eigenvalue weighted by Crippen LogP contribution is -2.32. The third kappa shape index (κ3) is 6.75. The minimum absolute atomic E-state index is 0.109. The first kappa shape index (κ1) is 20.5. The van der Waals surface area contributed by atoms with Crippen LogP contribution < -0.4 is 20.7 Å². The van der Waals surface area contributed by atoms with Gasteiger partial charge in [0.15, 0.2) is 0 Å². The van der Waals surface area contributed by atoms with Crippen LogP contribution in [0.25, 0.3) is 0 Å². The van der Waals surface area contributed by atoms with E-state index in [4.69, 9.17) is 4.74 Å². The molecule has 0 saturated carbocycles. The van der Waals surface area contributed by atoms with E-state index in [0.717, 1.165) is 17.7 Å². The molecule has 2 aromatic carbocycles. The third-order valence-electron chi connectivity index (χ3n) is 4.17. The third-order valence-corrected chi connectivity index (χ3v) is 4.17. The van der Waals surface area contributed by atoms with Gasteiger partial charge in [0.1, 0.15) is 5.75 Å². The molecule has 0 aliphatic carbocycles. The molecule has 27 heavy (non-hydrogen) atoms. The van der Waals surface area contributed by atoms with Gasteiger partial charge in [-0.1, -0.05) is 25.1 Å². The lowest BCUT2D eigenvalue weighted by atomic mass is 10.1. The van der Waals surface area contributed by atoms with Crippen LogP contribution in [0.2, 0.25) is 0 Å². The summed E-state index contributed by atoms with van der Waals surface area (Å²) in [6.45, 7) is 4.72. The fraction of sp³-hybridized carbons (Fsp3) is 0.333. The van der Waals surface area contributed by atoms with Crippen LogP contribution in [0.15, 0.2) is 48.5 Å². The van der Waals surface area contributed by atoms with Gasteiger partial charge in [0.05, 0.1) is 13.7 Å². The van der Waals surface area contributed by atoms with Crippen LogP contribution in [0, 0.1) is 0 Å². The summed E-state index contributed by atoms with van der Waals surface area (Å²) in [5, 5.41) is 8.82. The van der Waals surface area contributed by atoms with Crippen LogP contribution in [0.1, 0.15) is 36.2 Å². The second-order valence-electron chi connectivity index (χ2n) is 6.36. The number of nitrogens with one attached hydrogen (secondary N) is 3. The van der Waals surface area contributed by atoms with Gasteiger partial charge in [-0.05, 0) is 49.2 Å². The van der Waals surface area contributed by atoms with Crippen LogP contribution in [0.3, 0.4) is 0 Å². The molecule has 0 saturated heterocycles. The molecule has 6 nitrogen and oxygen atoms in total. The number of carbonyl (C=O) groups excluding carboxylic acids is 2. The Bertz CT molecular complexity index is 760. The van der Waals surface area contributed by atoms with Gasteiger partial charge in [-0.25, -0.2) is 0 Å². The molecule has 1 unspecified atom stereocenters. The van der Waals surface area contributed by atoms with Crippen molar-refractivity contribution in [1.82, 2.24) is 10.6 Å². The molecule has 0 fully saturated rings. The second kappa shape index (κ2) is 10.3. The maximum Gasteiger partial charge on any atom is 0.251 e. The number of hydrogen-bond acceptors (Lipinski definition) is 4. The Kier molecular flexibility index (Phi) is 7.82. The summed E-state index contributed by atoms with van der Waals surface area (Å²) in [6.07, 6.45) is 0.863. The molecule has 0 bridgehead atoms. The van der Waals surface area contributed by atoms with Crippen molar-refractivity contribution < 1.29 is 14.3 Å². The fourth-order valence-electron chi connectivity index (χ4n) is 2.42. The van der Waals surface area contributed by atoms with Crippen molar-refractivity contribution in [3.8, 4) is 5.75 Å². The van der Waals surface area contributed by atoms with Gasteiger partial charge in [0.2, 0.25) is 5.91 Å². The van der Waals surface area contributed by atoms with E-state index in [1.54, 1.807) is 31.4 Å². The van der Waals surface area contributed by atoms with Crippen molar-refractivity contribution >= 4 is 17.5 Å². The molecule has 2 rings (SSSR count). The molecule has 0 aromatic heterocycles. The molecule has 2 amide bonds. The molecular formula is C21H27N3O3. The molecule has 3 N–H and O–H groups in total. The Morgan fingerprint density at radius 3 is 2.52 bits per heavy atom. The minimum Gasteiger partial charge on any atom is -0.497 e. The Labute approximate surface area is 160 Å². The lowest BCUT2D eigenvalue weighted by molar-refractivity contribution is -0.115. The van der Waals surface area contributed by atoms with Gasteiger partial charge in [0.25, 0.3) is 5.91 Å². The zero-order chi connectivity index (χ0) is 19.6. The number of hydrogen-bond donors (Lipinski definition) is 3. The molecule has 6 heteroatoms. The maximum absolute atomic E-state index is 12.2. The Morgan fingerprint density at radius 1 is 1.11 bits per heavy atom. The molecule has 0 aliphatic rings. The highest BCUT2D eigenvalue weighted by Crippen LogP contribution is 2.12. The molecule has 0 heterocycles. The molecule has 1 atom stereocenters. The average molecular weight is 369 g/mol. The zero-order valence-corrected chi connectivity index (χ0v) is 16.0. The normalized spacial score (nSPS) is 11.5. The number of methoxy groups -OCH3 is 1. The number of rotatable bonds is 9. The predicted octanol–water partition coefficient (Wildman–Crippen LogP) is 2.95. The van der Waals surface area contributed by atoms with Crippen LogP contribution in [-0.4, -0.2) is 31.5 Å². The van der Waals surface area contributed by atoms with Gasteiger partial charge in [-0.2, -0.15) is 0 Å². The quantitative estimate of drug-likeness (QED) is 0.635. The summed E-state index contributed by atoms with van der Waals surface area (Å²) >= 11 is 0. The molecule has 0 radical (unpaired) electrons. The zero-order valence-electron chi connectivity index (χ0n) is 16.0. The molecule has 144 valence electrons. The van der Waals surface area contributed by atoms with E-state index < -0.39 is 0 Å². The summed E-state index contributed by atoms with van der Waals surface area (Å²) in [5.41, 5.74) is 2.19. The maximum atomic E-state index is 12.2. The van der Waals surface area contributed by atoms with Crippen LogP contribution in [0.4, 0.5) is 5.69 Å². The van der Waals surface area contributed by atoms with Crippen molar-refractivity contribution in [1.29, 1.82) is 0 Å². The number of ether oxygens (including phenoxy) is 1. The minimum atomic E-state index is -0.164. The van der Waals surface area contributed by atoms with Gasteiger partial charge in [-0.15, -0.1) is 0 Å². The van der Waals surface area contributed by atoms with Crippen molar-refractivity contribution in [2.75, 3.05) is 19.0 Å². The van der Waals surface area contributed by atoms with E-state index in [0.29, 0.717) is 17.8 Å². The standard InChI is InChI=1S/C21H27N3O3/c1-4-15(2)23-21(26)17-6-5-7-18(12-17)24-20(25)14-22-13-16-8-10-19(27-3)11-9-16/h5-12,15,22H,4,13-14H2,1-3H3,(H,23,26)(H,24,25). The van der Waals surface area contributed by atoms with E-state index in [9.17, 15) is 9.59 Å². The van der Waals surface area contributed by atoms with Crippen molar-refractivity contribution in [3.63, 3.8) is 0 Å². The number of benzene rings is 2. The van der Waals surface area contributed by atoms with Crippen LogP contribution in [0.5, 0.6) is 5.75 Å². The smallest absolute Gasteiger partial charge is 0.251 e. The molecular weight excluding hydrogens is 342 g/mol. The van der Waals surface area contributed by atoms with E-state index >= 15 is 0 Å². The monoisotopic (exact) mass is 369 g/mol. The fourth-order valence-corrected chi connectivity index (χ4v) is 2.42. The SMILES string of the molecule is CCC(C)NC(=O)c1cccc(NC(=O)CNCc2ccc(OC)cc2)c1. The van der Waals surface area contributed by atoms with Gasteiger partial charge < -0.3 is 20.7 Å². The summed E-state index contributed by atoms with van der Waals surface area (Å²) in [5.74, 6) is 0.495. The summed E-state index contributed by atoms with van der Waals surface area (Å²) in [6, 6.07) is 14.7. The Hall–Kier alpha value is -2.86. The highest BCUT2D eigenvalue weighted by Gasteiger charge is 2.10. The van der Waals surface area contributed by atoms with Crippen LogP contribution in [-0.2, 0) is 11.3 Å².